The van der Waals surface area contributed by atoms with Gasteiger partial charge < -0.3 is 0 Å². The summed E-state index contributed by atoms with van der Waals surface area (Å²) in [5.41, 5.74) is 1.30. The van der Waals surface area contributed by atoms with Crippen LogP contribution in [0.1, 0.15) is 190 Å². The highest BCUT2D eigenvalue weighted by atomic mass is 14.8. The molecule has 0 radical (unpaired) electrons. The van der Waals surface area contributed by atoms with Crippen LogP contribution in [0.25, 0.3) is 0 Å². The van der Waals surface area contributed by atoms with Crippen LogP contribution in [0.5, 0.6) is 0 Å². The summed E-state index contributed by atoms with van der Waals surface area (Å²) in [6, 6.07) is 0. The normalized spacial score (nSPS) is 24.6. The Morgan fingerprint density at radius 1 is 0.700 bits per heavy atom. The van der Waals surface area contributed by atoms with Gasteiger partial charge >= 0.3 is 0 Å². The lowest BCUT2D eigenvalue weighted by molar-refractivity contribution is 0.131. The molecule has 6 atom stereocenters. The van der Waals surface area contributed by atoms with Gasteiger partial charge in [-0.2, -0.15) is 0 Å². The van der Waals surface area contributed by atoms with Gasteiger partial charge in [0.15, 0.2) is 0 Å². The number of unbranched alkanes of at least 4 members (excludes halogenated alkanes) is 10. The van der Waals surface area contributed by atoms with Gasteiger partial charge in [-0.1, -0.05) is 158 Å². The molecule has 0 aromatic carbocycles. The second-order valence-electron chi connectivity index (χ2n) is 16.4. The van der Waals surface area contributed by atoms with Crippen molar-refractivity contribution in [3.05, 3.63) is 12.7 Å². The summed E-state index contributed by atoms with van der Waals surface area (Å²) in [4.78, 5) is 0. The molecular weight excluding hydrogens is 480 g/mol. The quantitative estimate of drug-likeness (QED) is 0.0734. The Morgan fingerprint density at radius 3 is 1.80 bits per heavy atom. The van der Waals surface area contributed by atoms with E-state index in [1.165, 1.54) is 116 Å². The fourth-order valence-electron chi connectivity index (χ4n) is 8.88. The highest BCUT2D eigenvalue weighted by Gasteiger charge is 2.73. The number of rotatable bonds is 26. The van der Waals surface area contributed by atoms with Crippen LogP contribution in [-0.4, -0.2) is 0 Å². The van der Waals surface area contributed by atoms with E-state index >= 15 is 0 Å². The van der Waals surface area contributed by atoms with E-state index in [1.807, 2.05) is 0 Å². The molecule has 0 aromatic heterocycles. The molecule has 0 aromatic rings. The maximum atomic E-state index is 3.84. The van der Waals surface area contributed by atoms with Crippen LogP contribution < -0.4 is 0 Å². The second kappa shape index (κ2) is 18.4. The molecule has 236 valence electrons. The van der Waals surface area contributed by atoms with Crippen molar-refractivity contribution in [3.8, 4) is 0 Å². The summed E-state index contributed by atoms with van der Waals surface area (Å²) in [6.07, 6.45) is 32.7. The predicted molar refractivity (Wildman–Crippen MR) is 182 cm³/mol. The van der Waals surface area contributed by atoms with Crippen LogP contribution >= 0.6 is 0 Å². The molecule has 0 N–H and O–H groups in total. The third-order valence-electron chi connectivity index (χ3n) is 12.3. The van der Waals surface area contributed by atoms with Crippen molar-refractivity contribution >= 4 is 0 Å². The summed E-state index contributed by atoms with van der Waals surface area (Å²) >= 11 is 0. The van der Waals surface area contributed by atoms with Gasteiger partial charge in [-0.25, -0.2) is 0 Å². The molecular formula is C40H76. The van der Waals surface area contributed by atoms with Crippen molar-refractivity contribution in [2.75, 3.05) is 0 Å². The topological polar surface area (TPSA) is 0 Å². The molecule has 6 unspecified atom stereocenters. The van der Waals surface area contributed by atoms with Crippen molar-refractivity contribution < 1.29 is 0 Å². The summed E-state index contributed by atoms with van der Waals surface area (Å²) in [5, 5.41) is 0. The van der Waals surface area contributed by atoms with Gasteiger partial charge in [-0.3, -0.25) is 0 Å². The monoisotopic (exact) mass is 557 g/mol. The Bertz CT molecular complexity index is 655. The standard InChI is InChI=1S/C40H76/c1-10-12-13-14-15-16-17-18-19-20-21-22-26-36(35(24-11-2)27-23-25-32(3)4)28-29-37-30-40(37)31-38(40)39(8,9)34(7)33(5)6/h10,32-38H,1,11-31H2,2-9H3. The highest BCUT2D eigenvalue weighted by molar-refractivity contribution is 5.21. The van der Waals surface area contributed by atoms with E-state index in [0.717, 1.165) is 46.8 Å². The van der Waals surface area contributed by atoms with E-state index in [4.69, 9.17) is 0 Å². The maximum Gasteiger partial charge on any atom is -0.0229 e. The molecule has 0 saturated heterocycles. The molecule has 1 spiro atoms. The Hall–Kier alpha value is -0.260. The van der Waals surface area contributed by atoms with Crippen molar-refractivity contribution in [2.24, 2.45) is 52.3 Å². The van der Waals surface area contributed by atoms with Crippen LogP contribution in [0.2, 0.25) is 0 Å². The largest absolute Gasteiger partial charge is 0.103 e. The second-order valence-corrected chi connectivity index (χ2v) is 16.4. The lowest BCUT2D eigenvalue weighted by atomic mass is 9.70. The highest BCUT2D eigenvalue weighted by Crippen LogP contribution is 2.80. The van der Waals surface area contributed by atoms with E-state index < -0.39 is 0 Å². The summed E-state index contributed by atoms with van der Waals surface area (Å²) in [7, 11) is 0. The SMILES string of the molecule is C=CCCCCCCCCCCCCC(CCC1CC12CC2C(C)(C)C(C)C(C)C)C(CCC)CCCC(C)C. The van der Waals surface area contributed by atoms with E-state index in [9.17, 15) is 0 Å². The molecule has 0 bridgehead atoms. The molecule has 40 heavy (non-hydrogen) atoms. The molecule has 2 aliphatic rings. The molecule has 0 heteroatoms. The van der Waals surface area contributed by atoms with E-state index in [-0.39, 0.29) is 0 Å². The Labute approximate surface area is 254 Å². The fraction of sp³-hybridized carbons (Fsp3) is 0.950. The Kier molecular flexibility index (Phi) is 16.5. The smallest absolute Gasteiger partial charge is 0.0229 e. The van der Waals surface area contributed by atoms with E-state index in [2.05, 4.69) is 68.0 Å². The molecule has 0 amide bonds. The molecule has 2 saturated carbocycles. The van der Waals surface area contributed by atoms with E-state index in [0.29, 0.717) is 5.41 Å². The van der Waals surface area contributed by atoms with Gasteiger partial charge in [0.2, 0.25) is 0 Å². The van der Waals surface area contributed by atoms with Crippen LogP contribution in [0.4, 0.5) is 0 Å². The first-order chi connectivity index (χ1) is 19.1. The van der Waals surface area contributed by atoms with Gasteiger partial charge in [0.1, 0.15) is 0 Å². The molecule has 0 nitrogen and oxygen atoms in total. The maximum absolute atomic E-state index is 3.84. The minimum absolute atomic E-state index is 0.523. The zero-order chi connectivity index (χ0) is 29.6. The van der Waals surface area contributed by atoms with Crippen molar-refractivity contribution in [3.63, 3.8) is 0 Å². The van der Waals surface area contributed by atoms with Crippen LogP contribution in [0, 0.1) is 52.3 Å². The Balaban J connectivity index is 1.77. The van der Waals surface area contributed by atoms with Crippen molar-refractivity contribution in [1.29, 1.82) is 0 Å². The number of hydrogen-bond donors (Lipinski definition) is 0. The zero-order valence-electron chi connectivity index (χ0n) is 29.2. The van der Waals surface area contributed by atoms with Gasteiger partial charge in [-0.15, -0.1) is 6.58 Å². The first-order valence-corrected chi connectivity index (χ1v) is 18.7. The zero-order valence-corrected chi connectivity index (χ0v) is 29.2. The average molecular weight is 557 g/mol. The van der Waals surface area contributed by atoms with Crippen molar-refractivity contribution in [1.82, 2.24) is 0 Å². The van der Waals surface area contributed by atoms with E-state index in [1.54, 1.807) is 19.3 Å². The summed E-state index contributed by atoms with van der Waals surface area (Å²) in [6.45, 7) is 23.7. The van der Waals surface area contributed by atoms with Crippen molar-refractivity contribution in [2.45, 2.75) is 190 Å². The third-order valence-corrected chi connectivity index (χ3v) is 12.3. The summed E-state index contributed by atoms with van der Waals surface area (Å²) < 4.78 is 0. The molecule has 2 fully saturated rings. The van der Waals surface area contributed by atoms with Gasteiger partial charge in [-0.05, 0) is 90.8 Å². The third kappa shape index (κ3) is 11.8. The van der Waals surface area contributed by atoms with Crippen LogP contribution in [-0.2, 0) is 0 Å². The fourth-order valence-corrected chi connectivity index (χ4v) is 8.88. The lowest BCUT2D eigenvalue weighted by Crippen LogP contribution is -2.29. The van der Waals surface area contributed by atoms with Crippen LogP contribution in [0.3, 0.4) is 0 Å². The lowest BCUT2D eigenvalue weighted by Gasteiger charge is -2.35. The summed E-state index contributed by atoms with van der Waals surface area (Å²) in [5.74, 6) is 6.57. The Morgan fingerprint density at radius 2 is 1.25 bits per heavy atom. The first-order valence-electron chi connectivity index (χ1n) is 18.7. The van der Waals surface area contributed by atoms with Gasteiger partial charge in [0.05, 0.1) is 0 Å². The molecule has 2 rings (SSSR count). The number of allylic oxidation sites excluding steroid dienone is 1. The number of hydrogen-bond acceptors (Lipinski definition) is 0. The van der Waals surface area contributed by atoms with Gasteiger partial charge in [0, 0.05) is 0 Å². The minimum atomic E-state index is 0.523. The molecule has 0 aliphatic heterocycles. The van der Waals surface area contributed by atoms with Gasteiger partial charge in [0.25, 0.3) is 0 Å². The predicted octanol–water partition coefficient (Wildman–Crippen LogP) is 13.8. The minimum Gasteiger partial charge on any atom is -0.103 e. The first kappa shape index (κ1) is 35.9. The molecule has 2 aliphatic carbocycles. The average Bonchev–Trinajstić information content (AvgIpc) is 3.82. The van der Waals surface area contributed by atoms with Crippen LogP contribution in [0.15, 0.2) is 12.7 Å². The molecule has 0 heterocycles.